The van der Waals surface area contributed by atoms with Crippen LogP contribution in [0.3, 0.4) is 0 Å². The normalized spacial score (nSPS) is 20.5. The van der Waals surface area contributed by atoms with Crippen molar-refractivity contribution in [1.82, 2.24) is 0 Å². The zero-order valence-electron chi connectivity index (χ0n) is 18.7. The lowest BCUT2D eigenvalue weighted by atomic mass is 9.59. The van der Waals surface area contributed by atoms with E-state index in [-0.39, 0.29) is 23.8 Å². The van der Waals surface area contributed by atoms with Crippen LogP contribution in [0.5, 0.6) is 11.5 Å². The molecular weight excluding hydrogens is 503 g/mol. The molecule has 2 aromatic rings. The highest BCUT2D eigenvalue weighted by molar-refractivity contribution is 7.99. The van der Waals surface area contributed by atoms with E-state index in [1.54, 1.807) is 36.0 Å². The van der Waals surface area contributed by atoms with Crippen molar-refractivity contribution in [3.8, 4) is 29.7 Å². The number of fused-ring (bicyclic) bond motifs is 1. The molecule has 0 saturated carbocycles. The molecule has 6 nitrogen and oxygen atoms in total. The molecule has 1 heterocycles. The van der Waals surface area contributed by atoms with E-state index in [1.165, 1.54) is 7.11 Å². The van der Waals surface area contributed by atoms with Crippen molar-refractivity contribution in [2.75, 3.05) is 18.6 Å². The highest BCUT2D eigenvalue weighted by Gasteiger charge is 2.54. The molecule has 1 aliphatic heterocycles. The smallest absolute Gasteiger partial charge is 0.191 e. The number of ether oxygens (including phenoxy) is 2. The molecule has 2 atom stereocenters. The summed E-state index contributed by atoms with van der Waals surface area (Å²) < 4.78 is 11.6. The minimum absolute atomic E-state index is 0.00307. The first kappa shape index (κ1) is 24.8. The van der Waals surface area contributed by atoms with Crippen LogP contribution in [0.1, 0.15) is 17.0 Å². The van der Waals surface area contributed by atoms with Gasteiger partial charge in [0.15, 0.2) is 16.9 Å². The van der Waals surface area contributed by atoms with Gasteiger partial charge < -0.3 is 15.2 Å². The van der Waals surface area contributed by atoms with Crippen LogP contribution in [0.25, 0.3) is 0 Å². The van der Waals surface area contributed by atoms with Gasteiger partial charge in [0.05, 0.1) is 40.6 Å². The number of benzene rings is 2. The van der Waals surface area contributed by atoms with Crippen molar-refractivity contribution in [3.05, 3.63) is 80.5 Å². The van der Waals surface area contributed by atoms with Gasteiger partial charge in [0.2, 0.25) is 0 Å². The average Bonchev–Trinajstić information content (AvgIpc) is 2.88. The number of halogens is 2. The third-order valence-electron chi connectivity index (χ3n) is 6.36. The van der Waals surface area contributed by atoms with Crippen LogP contribution in [0.15, 0.2) is 59.3 Å². The summed E-state index contributed by atoms with van der Waals surface area (Å²) in [7, 11) is 1.53. The monoisotopic (exact) mass is 522 g/mol. The minimum atomic E-state index is -1.68. The fraction of sp³-hybridized carbons (Fsp3) is 0.269. The van der Waals surface area contributed by atoms with Gasteiger partial charge in [-0.1, -0.05) is 41.4 Å². The van der Waals surface area contributed by atoms with E-state index in [9.17, 15) is 15.8 Å². The van der Waals surface area contributed by atoms with Gasteiger partial charge in [0, 0.05) is 23.3 Å². The molecule has 0 unspecified atom stereocenters. The number of allylic oxidation sites excluding steroid dienone is 3. The standard InChI is InChI=1S/C26H20Cl2N4O2S/c1-33-23-9-16(3-5-22(23)34-11-15-2-4-20(27)21(28)8-15)24-19-12-35-7-6-17(19)18(10-29)25(32)26(24,13-30)14-31/h2-6,8-9,19,24H,7,11-12,32H2,1H3/t19-,24+/m0/s1. The van der Waals surface area contributed by atoms with Crippen LogP contribution >= 0.6 is 35.0 Å². The van der Waals surface area contributed by atoms with E-state index in [4.69, 9.17) is 38.4 Å². The van der Waals surface area contributed by atoms with Crippen LogP contribution in [-0.2, 0) is 6.61 Å². The first-order chi connectivity index (χ1) is 16.9. The number of rotatable bonds is 5. The van der Waals surface area contributed by atoms with Crippen LogP contribution in [0.2, 0.25) is 10.0 Å². The Morgan fingerprint density at radius 3 is 2.51 bits per heavy atom. The molecule has 2 aromatic carbocycles. The Hall–Kier alpha value is -3.28. The predicted octanol–water partition coefficient (Wildman–Crippen LogP) is 5.74. The number of nitriles is 3. The van der Waals surface area contributed by atoms with Crippen LogP contribution in [-0.4, -0.2) is 18.6 Å². The number of hydrogen-bond donors (Lipinski definition) is 1. The highest BCUT2D eigenvalue weighted by Crippen LogP contribution is 2.55. The molecule has 176 valence electrons. The predicted molar refractivity (Wildman–Crippen MR) is 136 cm³/mol. The Morgan fingerprint density at radius 2 is 1.86 bits per heavy atom. The molecule has 0 radical (unpaired) electrons. The van der Waals surface area contributed by atoms with Gasteiger partial charge >= 0.3 is 0 Å². The largest absolute Gasteiger partial charge is 0.493 e. The average molecular weight is 523 g/mol. The molecule has 2 N–H and O–H groups in total. The number of thioether (sulfide) groups is 1. The van der Waals surface area contributed by atoms with Crippen molar-refractivity contribution in [2.45, 2.75) is 12.5 Å². The SMILES string of the molecule is COc1cc([C@@H]2[C@H]3CSCC=C3C(C#N)=C(N)C2(C#N)C#N)ccc1OCc1ccc(Cl)c(Cl)c1. The summed E-state index contributed by atoms with van der Waals surface area (Å²) in [5.41, 5.74) is 7.26. The second kappa shape index (κ2) is 10.1. The maximum absolute atomic E-state index is 10.2. The van der Waals surface area contributed by atoms with Gasteiger partial charge in [-0.3, -0.25) is 0 Å². The molecule has 0 saturated heterocycles. The molecule has 35 heavy (non-hydrogen) atoms. The van der Waals surface area contributed by atoms with Crippen molar-refractivity contribution < 1.29 is 9.47 Å². The van der Waals surface area contributed by atoms with E-state index < -0.39 is 11.3 Å². The topological polar surface area (TPSA) is 116 Å². The third-order valence-corrected chi connectivity index (χ3v) is 8.10. The summed E-state index contributed by atoms with van der Waals surface area (Å²) in [4.78, 5) is 0. The summed E-state index contributed by atoms with van der Waals surface area (Å²) in [6.07, 6.45) is 1.97. The molecule has 4 rings (SSSR count). The van der Waals surface area contributed by atoms with Crippen molar-refractivity contribution in [1.29, 1.82) is 15.8 Å². The van der Waals surface area contributed by atoms with Gasteiger partial charge in [-0.25, -0.2) is 0 Å². The Balaban J connectivity index is 1.75. The van der Waals surface area contributed by atoms with E-state index in [0.717, 1.165) is 16.9 Å². The molecule has 9 heteroatoms. The highest BCUT2D eigenvalue weighted by atomic mass is 35.5. The summed E-state index contributed by atoms with van der Waals surface area (Å²) in [5, 5.41) is 31.0. The molecule has 0 aromatic heterocycles. The quantitative estimate of drug-likeness (QED) is 0.532. The molecule has 0 bridgehead atoms. The molecular formula is C26H20Cl2N4O2S. The first-order valence-electron chi connectivity index (χ1n) is 10.7. The minimum Gasteiger partial charge on any atom is -0.493 e. The number of nitrogens with two attached hydrogens (primary N) is 1. The second-order valence-corrected chi connectivity index (χ2v) is 10.0. The summed E-state index contributed by atoms with van der Waals surface area (Å²) >= 11 is 13.8. The maximum atomic E-state index is 10.2. The van der Waals surface area contributed by atoms with Crippen molar-refractivity contribution in [2.24, 2.45) is 17.1 Å². The van der Waals surface area contributed by atoms with E-state index >= 15 is 0 Å². The zero-order chi connectivity index (χ0) is 25.2. The Morgan fingerprint density at radius 1 is 1.09 bits per heavy atom. The van der Waals surface area contributed by atoms with Gasteiger partial charge in [0.25, 0.3) is 0 Å². The summed E-state index contributed by atoms with van der Waals surface area (Å²) in [6.45, 7) is 0.240. The fourth-order valence-electron chi connectivity index (χ4n) is 4.65. The maximum Gasteiger partial charge on any atom is 0.191 e. The number of hydrogen-bond acceptors (Lipinski definition) is 7. The van der Waals surface area contributed by atoms with Crippen molar-refractivity contribution >= 4 is 35.0 Å². The summed E-state index contributed by atoms with van der Waals surface area (Å²) in [5.74, 6) is 1.56. The van der Waals surface area contributed by atoms with E-state index in [2.05, 4.69) is 18.2 Å². The number of nitrogens with zero attached hydrogens (tertiary/aromatic N) is 3. The molecule has 0 fully saturated rings. The van der Waals surface area contributed by atoms with Crippen molar-refractivity contribution in [3.63, 3.8) is 0 Å². The van der Waals surface area contributed by atoms with Gasteiger partial charge in [0.1, 0.15) is 12.7 Å². The molecule has 0 spiro atoms. The lowest BCUT2D eigenvalue weighted by Gasteiger charge is -2.43. The van der Waals surface area contributed by atoms with Gasteiger partial charge in [-0.15, -0.1) is 0 Å². The molecule has 0 amide bonds. The second-order valence-electron chi connectivity index (χ2n) is 8.16. The molecule has 1 aliphatic carbocycles. The fourth-order valence-corrected chi connectivity index (χ4v) is 6.03. The molecule has 2 aliphatic rings. The Bertz CT molecular complexity index is 1350. The van der Waals surface area contributed by atoms with Gasteiger partial charge in [-0.05, 0) is 41.0 Å². The van der Waals surface area contributed by atoms with Crippen LogP contribution in [0, 0.1) is 45.3 Å². The van der Waals surface area contributed by atoms with E-state index in [1.807, 2.05) is 18.2 Å². The number of methoxy groups -OCH3 is 1. The van der Waals surface area contributed by atoms with E-state index in [0.29, 0.717) is 32.9 Å². The van der Waals surface area contributed by atoms with Crippen LogP contribution in [0.4, 0.5) is 0 Å². The zero-order valence-corrected chi connectivity index (χ0v) is 21.0. The van der Waals surface area contributed by atoms with Gasteiger partial charge in [-0.2, -0.15) is 27.5 Å². The van der Waals surface area contributed by atoms with Crippen LogP contribution < -0.4 is 15.2 Å². The third kappa shape index (κ3) is 4.30. The Labute approximate surface area is 218 Å². The lowest BCUT2D eigenvalue weighted by Crippen LogP contribution is -2.43. The lowest BCUT2D eigenvalue weighted by molar-refractivity contribution is 0.283. The Kier molecular flexibility index (Phi) is 7.20. The summed E-state index contributed by atoms with van der Waals surface area (Å²) in [6, 6.07) is 17.0. The first-order valence-corrected chi connectivity index (χ1v) is 12.6.